The van der Waals surface area contributed by atoms with Crippen molar-refractivity contribution in [2.75, 3.05) is 5.32 Å². The van der Waals surface area contributed by atoms with Gasteiger partial charge in [-0.15, -0.1) is 0 Å². The van der Waals surface area contributed by atoms with Crippen molar-refractivity contribution in [1.29, 1.82) is 0 Å². The molecule has 0 spiro atoms. The zero-order valence-corrected chi connectivity index (χ0v) is 16.7. The number of aromatic nitrogens is 2. The fraction of sp³-hybridized carbons (Fsp3) is 0. The van der Waals surface area contributed by atoms with Crippen LogP contribution in [0.2, 0.25) is 20.1 Å². The first-order valence-corrected chi connectivity index (χ1v) is 9.47. The third-order valence-electron chi connectivity index (χ3n) is 3.97. The minimum absolute atomic E-state index is 0.446. The van der Waals surface area contributed by atoms with Crippen LogP contribution in [-0.2, 0) is 0 Å². The van der Waals surface area contributed by atoms with Crippen LogP contribution in [-0.4, -0.2) is 9.97 Å². The van der Waals surface area contributed by atoms with E-state index in [1.807, 2.05) is 30.3 Å². The van der Waals surface area contributed by atoms with E-state index in [1.54, 1.807) is 30.3 Å². The van der Waals surface area contributed by atoms with Crippen LogP contribution in [0, 0.1) is 0 Å². The predicted octanol–water partition coefficient (Wildman–Crippen LogP) is 7.65. The van der Waals surface area contributed by atoms with E-state index in [2.05, 4.69) is 15.3 Å². The summed E-state index contributed by atoms with van der Waals surface area (Å²) in [5.41, 5.74) is 2.26. The van der Waals surface area contributed by atoms with Gasteiger partial charge in [0.15, 0.2) is 5.82 Å². The van der Waals surface area contributed by atoms with Gasteiger partial charge in [0.2, 0.25) is 0 Å². The molecule has 134 valence electrons. The zero-order valence-electron chi connectivity index (χ0n) is 13.7. The van der Waals surface area contributed by atoms with Crippen molar-refractivity contribution >= 4 is 68.8 Å². The summed E-state index contributed by atoms with van der Waals surface area (Å²) in [6.45, 7) is 0. The summed E-state index contributed by atoms with van der Waals surface area (Å²) in [6.07, 6.45) is 0. The smallest absolute Gasteiger partial charge is 0.162 e. The molecule has 7 heteroatoms. The molecule has 0 fully saturated rings. The predicted molar refractivity (Wildman–Crippen MR) is 115 cm³/mol. The van der Waals surface area contributed by atoms with Crippen LogP contribution in [0.4, 0.5) is 11.5 Å². The Balaban J connectivity index is 1.86. The lowest BCUT2D eigenvalue weighted by molar-refractivity contribution is 1.22. The van der Waals surface area contributed by atoms with Gasteiger partial charge in [0.25, 0.3) is 0 Å². The average molecular weight is 435 g/mol. The summed E-state index contributed by atoms with van der Waals surface area (Å²) in [4.78, 5) is 9.33. The number of hydrogen-bond donors (Lipinski definition) is 1. The summed E-state index contributed by atoms with van der Waals surface area (Å²) in [7, 11) is 0. The Morgan fingerprint density at radius 1 is 0.704 bits per heavy atom. The number of rotatable bonds is 3. The Bertz CT molecular complexity index is 1160. The maximum atomic E-state index is 6.30. The maximum absolute atomic E-state index is 6.30. The summed E-state index contributed by atoms with van der Waals surface area (Å²) in [5, 5.41) is 6.14. The van der Waals surface area contributed by atoms with Crippen LogP contribution in [0.25, 0.3) is 22.3 Å². The number of hydrogen-bond acceptors (Lipinski definition) is 3. The van der Waals surface area contributed by atoms with E-state index in [1.165, 1.54) is 0 Å². The van der Waals surface area contributed by atoms with Crippen LogP contribution < -0.4 is 5.32 Å². The van der Waals surface area contributed by atoms with E-state index >= 15 is 0 Å². The third-order valence-corrected chi connectivity index (χ3v) is 5.25. The van der Waals surface area contributed by atoms with Crippen LogP contribution in [0.3, 0.4) is 0 Å². The Kier molecular flexibility index (Phi) is 5.11. The van der Waals surface area contributed by atoms with Gasteiger partial charge in [-0.25, -0.2) is 9.97 Å². The molecule has 0 atom stereocenters. The largest absolute Gasteiger partial charge is 0.338 e. The molecule has 3 aromatic carbocycles. The summed E-state index contributed by atoms with van der Waals surface area (Å²) in [5.74, 6) is 1.16. The molecule has 4 rings (SSSR count). The second-order valence-electron chi connectivity index (χ2n) is 5.79. The minimum atomic E-state index is 0.446. The van der Waals surface area contributed by atoms with Crippen LogP contribution in [0.15, 0.2) is 60.7 Å². The lowest BCUT2D eigenvalue weighted by Gasteiger charge is -2.12. The first-order valence-electron chi connectivity index (χ1n) is 7.95. The molecule has 0 aliphatic rings. The Morgan fingerprint density at radius 3 is 2.30 bits per heavy atom. The normalized spacial score (nSPS) is 11.0. The second-order valence-corrected chi connectivity index (χ2v) is 7.45. The Hall–Kier alpha value is -2.04. The van der Waals surface area contributed by atoms with Crippen molar-refractivity contribution in [3.05, 3.63) is 80.8 Å². The molecule has 0 aliphatic heterocycles. The third kappa shape index (κ3) is 3.83. The van der Waals surface area contributed by atoms with Crippen LogP contribution in [0.5, 0.6) is 0 Å². The molecule has 0 saturated heterocycles. The van der Waals surface area contributed by atoms with Crippen LogP contribution in [0.1, 0.15) is 0 Å². The van der Waals surface area contributed by atoms with Gasteiger partial charge >= 0.3 is 0 Å². The van der Waals surface area contributed by atoms with E-state index in [9.17, 15) is 0 Å². The maximum Gasteiger partial charge on any atom is 0.162 e. The molecule has 1 N–H and O–H groups in total. The van der Waals surface area contributed by atoms with Gasteiger partial charge in [0.1, 0.15) is 5.82 Å². The van der Waals surface area contributed by atoms with E-state index in [-0.39, 0.29) is 0 Å². The van der Waals surface area contributed by atoms with Gasteiger partial charge in [-0.2, -0.15) is 0 Å². The van der Waals surface area contributed by atoms with Gasteiger partial charge in [-0.1, -0.05) is 58.5 Å². The monoisotopic (exact) mass is 433 g/mol. The molecule has 27 heavy (non-hydrogen) atoms. The first-order chi connectivity index (χ1) is 13.0. The van der Waals surface area contributed by atoms with Crippen molar-refractivity contribution in [2.24, 2.45) is 0 Å². The number of nitrogens with zero attached hydrogens (tertiary/aromatic N) is 2. The number of benzene rings is 3. The molecule has 0 unspecified atom stereocenters. The fourth-order valence-corrected chi connectivity index (χ4v) is 3.41. The lowest BCUT2D eigenvalue weighted by atomic mass is 10.1. The van der Waals surface area contributed by atoms with Gasteiger partial charge in [-0.3, -0.25) is 0 Å². The van der Waals surface area contributed by atoms with Crippen molar-refractivity contribution in [1.82, 2.24) is 9.97 Å². The summed E-state index contributed by atoms with van der Waals surface area (Å²) < 4.78 is 0. The van der Waals surface area contributed by atoms with E-state index < -0.39 is 0 Å². The molecule has 0 aliphatic carbocycles. The van der Waals surface area contributed by atoms with Crippen molar-refractivity contribution < 1.29 is 0 Å². The topological polar surface area (TPSA) is 37.8 Å². The molecular formula is C20H11Cl4N3. The van der Waals surface area contributed by atoms with Gasteiger partial charge in [0, 0.05) is 16.0 Å². The van der Waals surface area contributed by atoms with Gasteiger partial charge in [-0.05, 0) is 48.5 Å². The first kappa shape index (κ1) is 18.3. The second kappa shape index (κ2) is 7.53. The van der Waals surface area contributed by atoms with Crippen LogP contribution >= 0.6 is 46.4 Å². The SMILES string of the molecule is Clc1ccc(Nc2nc(-c3ccc(Cl)c(Cl)c3)nc3ccccc23)c(Cl)c1. The number of fused-ring (bicyclic) bond motifs is 1. The molecule has 0 amide bonds. The van der Waals surface area contributed by atoms with Crippen molar-refractivity contribution in [3.8, 4) is 11.4 Å². The highest BCUT2D eigenvalue weighted by Crippen LogP contribution is 2.33. The van der Waals surface area contributed by atoms with E-state index in [4.69, 9.17) is 46.4 Å². The number of para-hydroxylation sites is 1. The number of halogens is 4. The van der Waals surface area contributed by atoms with Crippen molar-refractivity contribution in [2.45, 2.75) is 0 Å². The summed E-state index contributed by atoms with van der Waals surface area (Å²) in [6, 6.07) is 18.3. The highest BCUT2D eigenvalue weighted by molar-refractivity contribution is 6.42. The number of anilines is 2. The van der Waals surface area contributed by atoms with Gasteiger partial charge in [0.05, 0.1) is 26.3 Å². The highest BCUT2D eigenvalue weighted by Gasteiger charge is 2.12. The number of nitrogens with one attached hydrogen (secondary N) is 1. The molecular weight excluding hydrogens is 424 g/mol. The Labute approximate surface area is 175 Å². The standard InChI is InChI=1S/C20H11Cl4N3/c21-12-6-8-18(16(24)10-12)26-20-13-3-1-2-4-17(13)25-19(27-20)11-5-7-14(22)15(23)9-11/h1-10H,(H,25,26,27). The molecule has 0 radical (unpaired) electrons. The van der Waals surface area contributed by atoms with E-state index in [0.29, 0.717) is 37.4 Å². The quantitative estimate of drug-likeness (QED) is 0.359. The minimum Gasteiger partial charge on any atom is -0.338 e. The van der Waals surface area contributed by atoms with E-state index in [0.717, 1.165) is 16.5 Å². The molecule has 0 bridgehead atoms. The highest BCUT2D eigenvalue weighted by atomic mass is 35.5. The zero-order chi connectivity index (χ0) is 19.0. The molecule has 0 saturated carbocycles. The Morgan fingerprint density at radius 2 is 1.52 bits per heavy atom. The fourth-order valence-electron chi connectivity index (χ4n) is 2.65. The average Bonchev–Trinajstić information content (AvgIpc) is 2.66. The molecule has 1 heterocycles. The summed E-state index contributed by atoms with van der Waals surface area (Å²) >= 11 is 24.5. The molecule has 1 aromatic heterocycles. The van der Waals surface area contributed by atoms with Crippen molar-refractivity contribution in [3.63, 3.8) is 0 Å². The lowest BCUT2D eigenvalue weighted by Crippen LogP contribution is -2.00. The van der Waals surface area contributed by atoms with Gasteiger partial charge < -0.3 is 5.32 Å². The molecule has 4 aromatic rings. The molecule has 3 nitrogen and oxygen atoms in total.